The number of nitrogens with zero attached hydrogens (tertiary/aromatic N) is 3. The summed E-state index contributed by atoms with van der Waals surface area (Å²) in [5, 5.41) is 40.2. The fraction of sp³-hybridized carbons (Fsp3) is 0.600. The highest BCUT2D eigenvalue weighted by Crippen LogP contribution is 2.32. The van der Waals surface area contributed by atoms with Crippen molar-refractivity contribution in [1.29, 1.82) is 0 Å². The Morgan fingerprint density at radius 3 is 2.42 bits per heavy atom. The summed E-state index contributed by atoms with van der Waals surface area (Å²) in [5.41, 5.74) is -0.240. The molecule has 24 heavy (non-hydrogen) atoms. The number of hydrogen-bond donors (Lipinski definition) is 2. The molecule has 0 saturated heterocycles. The molecular formula is C15H23N3O6. The Balaban J connectivity index is 2.90. The maximum atomic E-state index is 11.3. The number of benzene rings is 1. The second-order valence-electron chi connectivity index (χ2n) is 5.51. The molecule has 9 heteroatoms. The van der Waals surface area contributed by atoms with Gasteiger partial charge in [0.2, 0.25) is 0 Å². The van der Waals surface area contributed by atoms with Gasteiger partial charge in [-0.3, -0.25) is 20.2 Å². The first-order valence-electron chi connectivity index (χ1n) is 7.87. The number of hydrogen-bond acceptors (Lipinski definition) is 7. The zero-order chi connectivity index (χ0) is 18.1. The molecule has 0 spiro atoms. The molecule has 1 unspecified atom stereocenters. The summed E-state index contributed by atoms with van der Waals surface area (Å²) in [6.45, 7) is 2.78. The van der Waals surface area contributed by atoms with Crippen LogP contribution >= 0.6 is 0 Å². The summed E-state index contributed by atoms with van der Waals surface area (Å²) in [6, 6.07) is 3.66. The molecule has 134 valence electrons. The third kappa shape index (κ3) is 5.74. The predicted molar refractivity (Wildman–Crippen MR) is 89.2 cm³/mol. The minimum Gasteiger partial charge on any atom is -0.394 e. The lowest BCUT2D eigenvalue weighted by Crippen LogP contribution is -2.26. The van der Waals surface area contributed by atoms with Crippen LogP contribution in [-0.2, 0) is 0 Å². The van der Waals surface area contributed by atoms with Crippen LogP contribution in [0.15, 0.2) is 18.2 Å². The number of non-ortho nitro benzene ring substituents is 1. The second kappa shape index (κ2) is 9.78. The molecule has 0 aromatic heterocycles. The van der Waals surface area contributed by atoms with Gasteiger partial charge in [0.05, 0.1) is 28.6 Å². The van der Waals surface area contributed by atoms with Crippen LogP contribution < -0.4 is 4.90 Å². The molecule has 0 aliphatic carbocycles. The fourth-order valence-corrected chi connectivity index (χ4v) is 2.44. The summed E-state index contributed by atoms with van der Waals surface area (Å²) in [4.78, 5) is 22.6. The molecule has 0 amide bonds. The number of aliphatic hydroxyl groups excluding tert-OH is 2. The molecule has 1 aromatic carbocycles. The Labute approximate surface area is 139 Å². The van der Waals surface area contributed by atoms with Crippen molar-refractivity contribution in [1.82, 2.24) is 0 Å². The van der Waals surface area contributed by atoms with E-state index >= 15 is 0 Å². The van der Waals surface area contributed by atoms with Crippen LogP contribution in [0.3, 0.4) is 0 Å². The Hall–Kier alpha value is -2.26. The molecule has 0 aliphatic heterocycles. The van der Waals surface area contributed by atoms with Gasteiger partial charge in [0.1, 0.15) is 5.69 Å². The van der Waals surface area contributed by atoms with E-state index in [1.807, 2.05) is 11.8 Å². The minimum atomic E-state index is -0.752. The summed E-state index contributed by atoms with van der Waals surface area (Å²) in [7, 11) is 0. The van der Waals surface area contributed by atoms with Crippen molar-refractivity contribution in [2.45, 2.75) is 38.7 Å². The van der Waals surface area contributed by atoms with Gasteiger partial charge < -0.3 is 15.1 Å². The highest BCUT2D eigenvalue weighted by Gasteiger charge is 2.23. The van der Waals surface area contributed by atoms with Crippen molar-refractivity contribution >= 4 is 17.1 Å². The van der Waals surface area contributed by atoms with E-state index in [1.54, 1.807) is 0 Å². The first-order chi connectivity index (χ1) is 11.4. The Morgan fingerprint density at radius 1 is 1.17 bits per heavy atom. The Bertz CT molecular complexity index is 566. The lowest BCUT2D eigenvalue weighted by molar-refractivity contribution is -0.393. The van der Waals surface area contributed by atoms with E-state index in [-0.39, 0.29) is 18.0 Å². The zero-order valence-electron chi connectivity index (χ0n) is 13.6. The van der Waals surface area contributed by atoms with Crippen LogP contribution in [0.1, 0.15) is 32.6 Å². The minimum absolute atomic E-state index is 0.284. The molecule has 1 atom stereocenters. The molecule has 1 aromatic rings. The summed E-state index contributed by atoms with van der Waals surface area (Å²) < 4.78 is 0. The smallest absolute Gasteiger partial charge is 0.299 e. The first kappa shape index (κ1) is 19.8. The number of nitro groups is 2. The molecular weight excluding hydrogens is 318 g/mol. The SMILES string of the molecule is CCCN(CCCCC(O)CO)c1ccc([N+](=O)[O-])cc1[N+](=O)[O-]. The van der Waals surface area contributed by atoms with Gasteiger partial charge in [-0.25, -0.2) is 0 Å². The van der Waals surface area contributed by atoms with Gasteiger partial charge in [0.25, 0.3) is 11.4 Å². The monoisotopic (exact) mass is 341 g/mol. The lowest BCUT2D eigenvalue weighted by atomic mass is 10.1. The molecule has 2 N–H and O–H groups in total. The van der Waals surface area contributed by atoms with Crippen molar-refractivity contribution in [2.24, 2.45) is 0 Å². The predicted octanol–water partition coefficient (Wildman–Crippen LogP) is 2.24. The van der Waals surface area contributed by atoms with Crippen LogP contribution in [0.5, 0.6) is 0 Å². The van der Waals surface area contributed by atoms with E-state index in [0.717, 1.165) is 12.5 Å². The molecule has 0 saturated carbocycles. The third-order valence-electron chi connectivity index (χ3n) is 3.63. The van der Waals surface area contributed by atoms with Crippen LogP contribution in [-0.4, -0.2) is 45.9 Å². The van der Waals surface area contributed by atoms with E-state index in [4.69, 9.17) is 5.11 Å². The van der Waals surface area contributed by atoms with E-state index in [9.17, 15) is 25.3 Å². The number of nitro benzene ring substituents is 2. The summed E-state index contributed by atoms with van der Waals surface area (Å²) in [5.74, 6) is 0. The fourth-order valence-electron chi connectivity index (χ4n) is 2.44. The summed E-state index contributed by atoms with van der Waals surface area (Å²) >= 11 is 0. The normalized spacial score (nSPS) is 12.0. The third-order valence-corrected chi connectivity index (χ3v) is 3.63. The zero-order valence-corrected chi connectivity index (χ0v) is 13.6. The van der Waals surface area contributed by atoms with Crippen molar-refractivity contribution in [3.63, 3.8) is 0 Å². The molecule has 0 aliphatic rings. The topological polar surface area (TPSA) is 130 Å². The molecule has 0 heterocycles. The molecule has 9 nitrogen and oxygen atoms in total. The van der Waals surface area contributed by atoms with E-state index in [1.165, 1.54) is 12.1 Å². The van der Waals surface area contributed by atoms with Crippen LogP contribution in [0.2, 0.25) is 0 Å². The van der Waals surface area contributed by atoms with Gasteiger partial charge in [-0.05, 0) is 31.7 Å². The highest BCUT2D eigenvalue weighted by atomic mass is 16.6. The quantitative estimate of drug-likeness (QED) is 0.358. The number of unbranched alkanes of at least 4 members (excludes halogenated alkanes) is 1. The number of anilines is 1. The van der Waals surface area contributed by atoms with Crippen molar-refractivity contribution < 1.29 is 20.1 Å². The van der Waals surface area contributed by atoms with E-state index < -0.39 is 16.0 Å². The van der Waals surface area contributed by atoms with Gasteiger partial charge in [0.15, 0.2) is 0 Å². The summed E-state index contributed by atoms with van der Waals surface area (Å²) in [6.07, 6.45) is 1.83. The number of aliphatic hydroxyl groups is 2. The van der Waals surface area contributed by atoms with E-state index in [0.29, 0.717) is 38.0 Å². The van der Waals surface area contributed by atoms with Crippen LogP contribution in [0.4, 0.5) is 17.1 Å². The lowest BCUT2D eigenvalue weighted by Gasteiger charge is -2.24. The van der Waals surface area contributed by atoms with Crippen LogP contribution in [0.25, 0.3) is 0 Å². The average Bonchev–Trinajstić information content (AvgIpc) is 2.56. The van der Waals surface area contributed by atoms with E-state index in [2.05, 4.69) is 0 Å². The van der Waals surface area contributed by atoms with Gasteiger partial charge in [-0.1, -0.05) is 6.92 Å². The van der Waals surface area contributed by atoms with Gasteiger partial charge in [-0.2, -0.15) is 0 Å². The van der Waals surface area contributed by atoms with Crippen LogP contribution in [0, 0.1) is 20.2 Å². The average molecular weight is 341 g/mol. The van der Waals surface area contributed by atoms with Gasteiger partial charge in [0, 0.05) is 19.2 Å². The van der Waals surface area contributed by atoms with Crippen molar-refractivity contribution in [2.75, 3.05) is 24.6 Å². The second-order valence-corrected chi connectivity index (χ2v) is 5.51. The van der Waals surface area contributed by atoms with Gasteiger partial charge in [-0.15, -0.1) is 0 Å². The Kier molecular flexibility index (Phi) is 8.07. The molecule has 1 rings (SSSR count). The van der Waals surface area contributed by atoms with Crippen molar-refractivity contribution in [3.05, 3.63) is 38.4 Å². The largest absolute Gasteiger partial charge is 0.394 e. The standard InChI is InChI=1S/C15H23N3O6/c1-2-8-16(9-4-3-5-13(20)11-19)14-7-6-12(17(21)22)10-15(14)18(23)24/h6-7,10,13,19-20H,2-5,8-9,11H2,1H3. The first-order valence-corrected chi connectivity index (χ1v) is 7.87. The molecule has 0 bridgehead atoms. The van der Waals surface area contributed by atoms with Gasteiger partial charge >= 0.3 is 0 Å². The number of rotatable bonds is 11. The maximum absolute atomic E-state index is 11.3. The highest BCUT2D eigenvalue weighted by molar-refractivity contribution is 5.66. The van der Waals surface area contributed by atoms with Crippen molar-refractivity contribution in [3.8, 4) is 0 Å². The molecule has 0 fully saturated rings. The maximum Gasteiger partial charge on any atom is 0.299 e. The molecule has 0 radical (unpaired) electrons. The Morgan fingerprint density at radius 2 is 1.88 bits per heavy atom.